The lowest BCUT2D eigenvalue weighted by atomic mass is 9.66. The highest BCUT2D eigenvalue weighted by atomic mass is 16.5. The molecular formula is C17H22O2. The average molecular weight is 258 g/mol. The molecule has 0 aromatic heterocycles. The molecule has 0 saturated carbocycles. The Morgan fingerprint density at radius 3 is 2.74 bits per heavy atom. The number of benzene rings is 1. The average Bonchev–Trinajstić information content (AvgIpc) is 2.27. The first kappa shape index (κ1) is 13.9. The Morgan fingerprint density at radius 1 is 1.37 bits per heavy atom. The second-order valence-electron chi connectivity index (χ2n) is 6.07. The standard InChI is InChI=1S/C17H22O2/c1-12-7-6-10-17(3,4)16(12)14-8-5-9-15(11-14)19-13(2)18/h5,7-9,11,16H,6,10H2,1-4H3. The predicted molar refractivity (Wildman–Crippen MR) is 77.3 cm³/mol. The zero-order valence-corrected chi connectivity index (χ0v) is 12.2. The number of ether oxygens (including phenoxy) is 1. The van der Waals surface area contributed by atoms with E-state index in [0.717, 1.165) is 6.42 Å². The number of rotatable bonds is 2. The van der Waals surface area contributed by atoms with E-state index in [4.69, 9.17) is 4.74 Å². The van der Waals surface area contributed by atoms with Crippen molar-refractivity contribution in [3.05, 3.63) is 41.5 Å². The molecule has 2 nitrogen and oxygen atoms in total. The molecule has 1 unspecified atom stereocenters. The topological polar surface area (TPSA) is 26.3 Å². The highest BCUT2D eigenvalue weighted by molar-refractivity contribution is 5.69. The second-order valence-corrected chi connectivity index (χ2v) is 6.07. The Morgan fingerprint density at radius 2 is 2.11 bits per heavy atom. The fourth-order valence-electron chi connectivity index (χ4n) is 3.19. The Kier molecular flexibility index (Phi) is 3.79. The van der Waals surface area contributed by atoms with E-state index < -0.39 is 0 Å². The third-order valence-corrected chi connectivity index (χ3v) is 3.94. The van der Waals surface area contributed by atoms with E-state index in [0.29, 0.717) is 11.7 Å². The first-order valence-corrected chi connectivity index (χ1v) is 6.85. The number of carbonyl (C=O) groups excluding carboxylic acids is 1. The van der Waals surface area contributed by atoms with Gasteiger partial charge in [0, 0.05) is 12.8 Å². The molecule has 1 aliphatic rings. The summed E-state index contributed by atoms with van der Waals surface area (Å²) >= 11 is 0. The smallest absolute Gasteiger partial charge is 0.308 e. The van der Waals surface area contributed by atoms with Crippen LogP contribution in [0.5, 0.6) is 5.75 Å². The molecule has 0 saturated heterocycles. The predicted octanol–water partition coefficient (Wildman–Crippen LogP) is 4.46. The molecule has 1 aromatic carbocycles. The molecule has 2 rings (SSSR count). The lowest BCUT2D eigenvalue weighted by molar-refractivity contribution is -0.131. The maximum absolute atomic E-state index is 11.1. The Labute approximate surface area is 115 Å². The zero-order valence-electron chi connectivity index (χ0n) is 12.2. The van der Waals surface area contributed by atoms with Crippen molar-refractivity contribution in [1.82, 2.24) is 0 Å². The summed E-state index contributed by atoms with van der Waals surface area (Å²) in [5.74, 6) is 0.767. The third-order valence-electron chi connectivity index (χ3n) is 3.94. The van der Waals surface area contributed by atoms with Crippen LogP contribution in [0.3, 0.4) is 0 Å². The van der Waals surface area contributed by atoms with Crippen LogP contribution in [-0.2, 0) is 4.79 Å². The van der Waals surface area contributed by atoms with Crippen molar-refractivity contribution in [2.75, 3.05) is 0 Å². The summed E-state index contributed by atoms with van der Waals surface area (Å²) in [7, 11) is 0. The van der Waals surface area contributed by atoms with Crippen LogP contribution >= 0.6 is 0 Å². The van der Waals surface area contributed by atoms with Gasteiger partial charge in [0.2, 0.25) is 0 Å². The van der Waals surface area contributed by atoms with Gasteiger partial charge in [-0.25, -0.2) is 0 Å². The number of esters is 1. The first-order chi connectivity index (χ1) is 8.90. The largest absolute Gasteiger partial charge is 0.427 e. The van der Waals surface area contributed by atoms with Gasteiger partial charge in [-0.2, -0.15) is 0 Å². The van der Waals surface area contributed by atoms with Gasteiger partial charge in [0.05, 0.1) is 0 Å². The van der Waals surface area contributed by atoms with Gasteiger partial charge in [-0.3, -0.25) is 4.79 Å². The van der Waals surface area contributed by atoms with Gasteiger partial charge in [-0.15, -0.1) is 0 Å². The molecule has 0 heterocycles. The van der Waals surface area contributed by atoms with Gasteiger partial charge in [0.1, 0.15) is 5.75 Å². The molecule has 0 radical (unpaired) electrons. The van der Waals surface area contributed by atoms with Gasteiger partial charge in [-0.1, -0.05) is 37.6 Å². The van der Waals surface area contributed by atoms with Crippen molar-refractivity contribution in [3.8, 4) is 5.75 Å². The van der Waals surface area contributed by atoms with Gasteiger partial charge in [0.25, 0.3) is 0 Å². The minimum atomic E-state index is -0.271. The van der Waals surface area contributed by atoms with Crippen molar-refractivity contribution in [2.45, 2.75) is 46.5 Å². The van der Waals surface area contributed by atoms with E-state index in [1.165, 1.54) is 24.5 Å². The Bertz CT molecular complexity index is 512. The van der Waals surface area contributed by atoms with Crippen LogP contribution in [0.25, 0.3) is 0 Å². The molecule has 0 spiro atoms. The van der Waals surface area contributed by atoms with Gasteiger partial charge in [0.15, 0.2) is 0 Å². The van der Waals surface area contributed by atoms with E-state index >= 15 is 0 Å². The van der Waals surface area contributed by atoms with Crippen LogP contribution in [0.4, 0.5) is 0 Å². The summed E-state index contributed by atoms with van der Waals surface area (Å²) in [5.41, 5.74) is 2.89. The van der Waals surface area contributed by atoms with Crippen molar-refractivity contribution in [3.63, 3.8) is 0 Å². The van der Waals surface area contributed by atoms with Crippen molar-refractivity contribution in [1.29, 1.82) is 0 Å². The SMILES string of the molecule is CC(=O)Oc1cccc(C2C(C)=CCCC2(C)C)c1. The summed E-state index contributed by atoms with van der Waals surface area (Å²) in [6, 6.07) is 7.92. The van der Waals surface area contributed by atoms with Crippen LogP contribution < -0.4 is 4.74 Å². The fourth-order valence-corrected chi connectivity index (χ4v) is 3.19. The number of allylic oxidation sites excluding steroid dienone is 2. The summed E-state index contributed by atoms with van der Waals surface area (Å²) in [4.78, 5) is 11.1. The van der Waals surface area contributed by atoms with Crippen molar-refractivity contribution >= 4 is 5.97 Å². The molecule has 19 heavy (non-hydrogen) atoms. The van der Waals surface area contributed by atoms with Crippen LogP contribution in [0.15, 0.2) is 35.9 Å². The molecular weight excluding hydrogens is 236 g/mol. The highest BCUT2D eigenvalue weighted by Gasteiger charge is 2.34. The number of hydrogen-bond acceptors (Lipinski definition) is 2. The molecule has 1 aliphatic carbocycles. The van der Waals surface area contributed by atoms with Crippen LogP contribution in [0.1, 0.15) is 52.0 Å². The van der Waals surface area contributed by atoms with E-state index in [1.54, 1.807) is 0 Å². The first-order valence-electron chi connectivity index (χ1n) is 6.85. The van der Waals surface area contributed by atoms with E-state index in [2.05, 4.69) is 32.9 Å². The Balaban J connectivity index is 2.37. The second kappa shape index (κ2) is 5.20. The molecule has 102 valence electrons. The van der Waals surface area contributed by atoms with E-state index in [-0.39, 0.29) is 11.4 Å². The number of carbonyl (C=O) groups is 1. The molecule has 0 fully saturated rings. The normalized spacial score (nSPS) is 21.7. The maximum Gasteiger partial charge on any atom is 0.308 e. The van der Waals surface area contributed by atoms with Crippen LogP contribution in [0.2, 0.25) is 0 Å². The lowest BCUT2D eigenvalue weighted by Crippen LogP contribution is -2.26. The summed E-state index contributed by atoms with van der Waals surface area (Å²) in [6.07, 6.45) is 4.67. The van der Waals surface area contributed by atoms with Gasteiger partial charge < -0.3 is 4.74 Å². The minimum Gasteiger partial charge on any atom is -0.427 e. The van der Waals surface area contributed by atoms with Crippen molar-refractivity contribution in [2.24, 2.45) is 5.41 Å². The van der Waals surface area contributed by atoms with E-state index in [1.807, 2.05) is 18.2 Å². The molecule has 1 aromatic rings. The van der Waals surface area contributed by atoms with Crippen LogP contribution in [0, 0.1) is 5.41 Å². The lowest BCUT2D eigenvalue weighted by Gasteiger charge is -2.39. The Hall–Kier alpha value is -1.57. The number of hydrogen-bond donors (Lipinski definition) is 0. The molecule has 1 atom stereocenters. The fraction of sp³-hybridized carbons (Fsp3) is 0.471. The summed E-state index contributed by atoms with van der Waals surface area (Å²) in [6.45, 7) is 8.26. The molecule has 0 amide bonds. The zero-order chi connectivity index (χ0) is 14.0. The monoisotopic (exact) mass is 258 g/mol. The molecule has 0 aliphatic heterocycles. The van der Waals surface area contributed by atoms with Crippen molar-refractivity contribution < 1.29 is 9.53 Å². The highest BCUT2D eigenvalue weighted by Crippen LogP contribution is 2.47. The minimum absolute atomic E-state index is 0.244. The van der Waals surface area contributed by atoms with Crippen LogP contribution in [-0.4, -0.2) is 5.97 Å². The maximum atomic E-state index is 11.1. The summed E-state index contributed by atoms with van der Waals surface area (Å²) in [5, 5.41) is 0. The third kappa shape index (κ3) is 3.06. The quantitative estimate of drug-likeness (QED) is 0.444. The molecule has 2 heteroatoms. The molecule has 0 N–H and O–H groups in total. The molecule has 0 bridgehead atoms. The van der Waals surface area contributed by atoms with Gasteiger partial charge >= 0.3 is 5.97 Å². The van der Waals surface area contributed by atoms with E-state index in [9.17, 15) is 4.79 Å². The van der Waals surface area contributed by atoms with Gasteiger partial charge in [-0.05, 0) is 42.9 Å². The summed E-state index contributed by atoms with van der Waals surface area (Å²) < 4.78 is 5.19.